The van der Waals surface area contributed by atoms with Gasteiger partial charge in [0.15, 0.2) is 0 Å². The molecule has 0 saturated carbocycles. The molecule has 1 fully saturated rings. The van der Waals surface area contributed by atoms with Crippen molar-refractivity contribution in [1.82, 2.24) is 15.2 Å². The van der Waals surface area contributed by atoms with Crippen molar-refractivity contribution in [2.75, 3.05) is 19.3 Å². The van der Waals surface area contributed by atoms with E-state index < -0.39 is 15.4 Å². The Kier molecular flexibility index (Phi) is 5.15. The van der Waals surface area contributed by atoms with Crippen LogP contribution in [0.1, 0.15) is 33.6 Å². The fourth-order valence-corrected chi connectivity index (χ4v) is 2.35. The highest BCUT2D eigenvalue weighted by Crippen LogP contribution is 2.23. The van der Waals surface area contributed by atoms with Gasteiger partial charge in [-0.15, -0.1) is 4.83 Å². The second-order valence-corrected chi connectivity index (χ2v) is 7.93. The fourth-order valence-electron chi connectivity index (χ4n) is 2.06. The molecule has 2 amide bonds. The number of nitrogens with zero attached hydrogens (tertiary/aromatic N) is 1. The van der Waals surface area contributed by atoms with Gasteiger partial charge in [0, 0.05) is 24.4 Å². The van der Waals surface area contributed by atoms with Gasteiger partial charge >= 0.3 is 0 Å². The van der Waals surface area contributed by atoms with Gasteiger partial charge in [-0.25, -0.2) is 8.42 Å². The Morgan fingerprint density at radius 1 is 1.15 bits per heavy atom. The molecule has 0 spiro atoms. The molecule has 8 heteroatoms. The lowest BCUT2D eigenvalue weighted by Crippen LogP contribution is -2.49. The number of hydrazine groups is 1. The lowest BCUT2D eigenvalue weighted by Gasteiger charge is -2.35. The fraction of sp³-hybridized carbons (Fsp3) is 0.833. The van der Waals surface area contributed by atoms with Crippen LogP contribution in [0, 0.1) is 11.3 Å². The number of amides is 2. The van der Waals surface area contributed by atoms with Crippen molar-refractivity contribution >= 4 is 21.8 Å². The molecule has 1 aliphatic heterocycles. The number of carbonyl (C=O) groups is 2. The third kappa shape index (κ3) is 5.09. The largest absolute Gasteiger partial charge is 0.342 e. The first kappa shape index (κ1) is 16.9. The van der Waals surface area contributed by atoms with Gasteiger partial charge in [0.1, 0.15) is 0 Å². The highest BCUT2D eigenvalue weighted by atomic mass is 32.2. The summed E-state index contributed by atoms with van der Waals surface area (Å²) < 4.78 is 21.8. The van der Waals surface area contributed by atoms with Crippen molar-refractivity contribution in [3.63, 3.8) is 0 Å². The molecule has 1 heterocycles. The molecule has 0 aromatic carbocycles. The Hall–Kier alpha value is -1.15. The van der Waals surface area contributed by atoms with Crippen LogP contribution in [0.5, 0.6) is 0 Å². The van der Waals surface area contributed by atoms with E-state index in [9.17, 15) is 18.0 Å². The summed E-state index contributed by atoms with van der Waals surface area (Å²) >= 11 is 0. The molecule has 0 bridgehead atoms. The molecule has 20 heavy (non-hydrogen) atoms. The summed E-state index contributed by atoms with van der Waals surface area (Å²) in [5, 5.41) is 0. The van der Waals surface area contributed by atoms with E-state index in [0.717, 1.165) is 6.26 Å². The van der Waals surface area contributed by atoms with Crippen LogP contribution >= 0.6 is 0 Å². The topological polar surface area (TPSA) is 95.6 Å². The Morgan fingerprint density at radius 3 is 2.05 bits per heavy atom. The van der Waals surface area contributed by atoms with Crippen molar-refractivity contribution in [3.05, 3.63) is 0 Å². The number of hydrogen-bond donors (Lipinski definition) is 2. The standard InChI is InChI=1S/C12H23N3O4S/c1-12(2,3)11(17)15-7-5-9(6-8-15)10(16)13-14-20(4,18)19/h9,14H,5-8H2,1-4H3,(H,13,16). The van der Waals surface area contributed by atoms with Gasteiger partial charge in [-0.2, -0.15) is 0 Å². The number of sulfonamides is 1. The van der Waals surface area contributed by atoms with Crippen LogP contribution in [-0.4, -0.2) is 44.5 Å². The SMILES string of the molecule is CC(C)(C)C(=O)N1CCC(C(=O)NNS(C)(=O)=O)CC1. The predicted octanol–water partition coefficient (Wildman–Crippen LogP) is -0.148. The molecular weight excluding hydrogens is 282 g/mol. The molecule has 0 unspecified atom stereocenters. The van der Waals surface area contributed by atoms with Crippen molar-refractivity contribution < 1.29 is 18.0 Å². The van der Waals surface area contributed by atoms with Crippen molar-refractivity contribution in [2.24, 2.45) is 11.3 Å². The molecule has 0 aromatic rings. The summed E-state index contributed by atoms with van der Waals surface area (Å²) in [5.41, 5.74) is 1.76. The van der Waals surface area contributed by atoms with Gasteiger partial charge in [0.2, 0.25) is 21.8 Å². The minimum atomic E-state index is -3.45. The summed E-state index contributed by atoms with van der Waals surface area (Å²) in [4.78, 5) is 27.6. The second kappa shape index (κ2) is 6.09. The quantitative estimate of drug-likeness (QED) is 0.709. The summed E-state index contributed by atoms with van der Waals surface area (Å²) in [6.45, 7) is 6.64. The predicted molar refractivity (Wildman–Crippen MR) is 74.9 cm³/mol. The Balaban J connectivity index is 2.46. The molecule has 1 aliphatic rings. The minimum Gasteiger partial charge on any atom is -0.342 e. The molecule has 0 atom stereocenters. The zero-order valence-electron chi connectivity index (χ0n) is 12.4. The van der Waals surface area contributed by atoms with Gasteiger partial charge in [-0.3, -0.25) is 15.0 Å². The average Bonchev–Trinajstić information content (AvgIpc) is 2.33. The van der Waals surface area contributed by atoms with Gasteiger partial charge in [-0.1, -0.05) is 20.8 Å². The number of likely N-dealkylation sites (tertiary alicyclic amines) is 1. The highest BCUT2D eigenvalue weighted by Gasteiger charge is 2.32. The normalized spacial score (nSPS) is 17.9. The summed E-state index contributed by atoms with van der Waals surface area (Å²) in [5.74, 6) is -0.544. The van der Waals surface area contributed by atoms with E-state index in [1.165, 1.54) is 0 Å². The first-order chi connectivity index (χ1) is 9.00. The van der Waals surface area contributed by atoms with Gasteiger partial charge in [-0.05, 0) is 12.8 Å². The maximum absolute atomic E-state index is 12.1. The molecule has 0 radical (unpaired) electrons. The summed E-state index contributed by atoms with van der Waals surface area (Å²) in [6.07, 6.45) is 2.05. The van der Waals surface area contributed by atoms with E-state index in [-0.39, 0.29) is 17.7 Å². The number of rotatable bonds is 3. The van der Waals surface area contributed by atoms with Crippen molar-refractivity contribution in [2.45, 2.75) is 33.6 Å². The van der Waals surface area contributed by atoms with E-state index in [2.05, 4.69) is 5.43 Å². The maximum Gasteiger partial charge on any atom is 0.238 e. The Bertz CT molecular complexity index is 473. The van der Waals surface area contributed by atoms with Crippen LogP contribution in [-0.2, 0) is 19.6 Å². The van der Waals surface area contributed by atoms with Gasteiger partial charge in [0.25, 0.3) is 0 Å². The second-order valence-electron chi connectivity index (χ2n) is 6.18. The lowest BCUT2D eigenvalue weighted by molar-refractivity contribution is -0.142. The molecule has 7 nitrogen and oxygen atoms in total. The molecule has 1 saturated heterocycles. The van der Waals surface area contributed by atoms with Crippen LogP contribution in [0.2, 0.25) is 0 Å². The van der Waals surface area contributed by atoms with Crippen LogP contribution < -0.4 is 10.3 Å². The zero-order valence-corrected chi connectivity index (χ0v) is 13.2. The molecule has 0 aliphatic carbocycles. The van der Waals surface area contributed by atoms with Crippen molar-refractivity contribution in [3.8, 4) is 0 Å². The van der Waals surface area contributed by atoms with Gasteiger partial charge < -0.3 is 4.90 Å². The van der Waals surface area contributed by atoms with E-state index in [1.54, 1.807) is 4.90 Å². The monoisotopic (exact) mass is 305 g/mol. The molecule has 1 rings (SSSR count). The average molecular weight is 305 g/mol. The highest BCUT2D eigenvalue weighted by molar-refractivity contribution is 7.88. The van der Waals surface area contributed by atoms with Crippen LogP contribution in [0.15, 0.2) is 0 Å². The Labute approximate surface area is 120 Å². The van der Waals surface area contributed by atoms with Crippen LogP contribution in [0.3, 0.4) is 0 Å². The summed E-state index contributed by atoms with van der Waals surface area (Å²) in [6, 6.07) is 0. The number of hydrogen-bond acceptors (Lipinski definition) is 4. The number of nitrogens with one attached hydrogen (secondary N) is 2. The Morgan fingerprint density at radius 2 is 1.65 bits per heavy atom. The number of piperidine rings is 1. The van der Waals surface area contributed by atoms with Crippen LogP contribution in [0.4, 0.5) is 0 Å². The smallest absolute Gasteiger partial charge is 0.238 e. The van der Waals surface area contributed by atoms with E-state index >= 15 is 0 Å². The van der Waals surface area contributed by atoms with E-state index in [1.807, 2.05) is 25.6 Å². The first-order valence-corrected chi connectivity index (χ1v) is 8.46. The molecular formula is C12H23N3O4S. The van der Waals surface area contributed by atoms with Gasteiger partial charge in [0.05, 0.1) is 6.26 Å². The van der Waals surface area contributed by atoms with E-state index in [4.69, 9.17) is 0 Å². The third-order valence-electron chi connectivity index (χ3n) is 3.15. The third-order valence-corrected chi connectivity index (χ3v) is 3.63. The number of carbonyl (C=O) groups excluding carboxylic acids is 2. The molecule has 116 valence electrons. The lowest BCUT2D eigenvalue weighted by atomic mass is 9.91. The van der Waals surface area contributed by atoms with Crippen LogP contribution in [0.25, 0.3) is 0 Å². The first-order valence-electron chi connectivity index (χ1n) is 6.57. The maximum atomic E-state index is 12.1. The van der Waals surface area contributed by atoms with Crippen molar-refractivity contribution in [1.29, 1.82) is 0 Å². The molecule has 0 aromatic heterocycles. The molecule has 2 N–H and O–H groups in total. The zero-order chi connectivity index (χ0) is 15.6. The summed E-state index contributed by atoms with van der Waals surface area (Å²) in [7, 11) is -3.45. The van der Waals surface area contributed by atoms with E-state index in [0.29, 0.717) is 25.9 Å². The minimum absolute atomic E-state index is 0.0746.